The molecule has 0 bridgehead atoms. The highest BCUT2D eigenvalue weighted by Crippen LogP contribution is 2.29. The monoisotopic (exact) mass is 383 g/mol. The fraction of sp³-hybridized carbons (Fsp3) is 0.158. The number of benzene rings is 1. The Morgan fingerprint density at radius 1 is 1.27 bits per heavy atom. The summed E-state index contributed by atoms with van der Waals surface area (Å²) in [5, 5.41) is 7.48. The van der Waals surface area contributed by atoms with Crippen molar-refractivity contribution in [1.29, 1.82) is 0 Å². The zero-order chi connectivity index (χ0) is 18.1. The highest BCUT2D eigenvalue weighted by atomic mass is 32.1. The number of thiophene rings is 1. The molecule has 0 radical (unpaired) electrons. The summed E-state index contributed by atoms with van der Waals surface area (Å²) in [6, 6.07) is 11.7. The molecule has 1 N–H and O–H groups in total. The van der Waals surface area contributed by atoms with Gasteiger partial charge in [-0.15, -0.1) is 22.7 Å². The summed E-state index contributed by atoms with van der Waals surface area (Å²) >= 11 is 3.05. The lowest BCUT2D eigenvalue weighted by Gasteiger charge is -2.06. The molecule has 0 spiro atoms. The van der Waals surface area contributed by atoms with Crippen molar-refractivity contribution in [3.05, 3.63) is 52.9 Å². The number of ether oxygens (including phenoxy) is 1. The molecule has 3 aromatic heterocycles. The molecular formula is C19H17N3O2S2. The van der Waals surface area contributed by atoms with E-state index in [1.165, 1.54) is 11.3 Å². The Bertz CT molecular complexity index is 1080. The van der Waals surface area contributed by atoms with Crippen molar-refractivity contribution in [2.24, 2.45) is 0 Å². The summed E-state index contributed by atoms with van der Waals surface area (Å²) in [5.74, 6) is 0.642. The summed E-state index contributed by atoms with van der Waals surface area (Å²) in [6.07, 6.45) is 0. The van der Waals surface area contributed by atoms with Crippen LogP contribution in [0.5, 0.6) is 5.75 Å². The Hall–Kier alpha value is -2.64. The summed E-state index contributed by atoms with van der Waals surface area (Å²) < 4.78 is 8.40. The summed E-state index contributed by atoms with van der Waals surface area (Å²) in [4.78, 5) is 17.3. The van der Waals surface area contributed by atoms with E-state index in [1.807, 2.05) is 58.6 Å². The van der Waals surface area contributed by atoms with Gasteiger partial charge in [0.2, 0.25) is 0 Å². The number of thiazole rings is 1. The van der Waals surface area contributed by atoms with E-state index >= 15 is 0 Å². The van der Waals surface area contributed by atoms with Crippen LogP contribution in [-0.2, 0) is 6.54 Å². The molecule has 132 valence electrons. The van der Waals surface area contributed by atoms with Gasteiger partial charge in [0.05, 0.1) is 23.0 Å². The van der Waals surface area contributed by atoms with Gasteiger partial charge in [-0.2, -0.15) is 0 Å². The van der Waals surface area contributed by atoms with Crippen LogP contribution in [0.3, 0.4) is 0 Å². The molecule has 0 aliphatic rings. The van der Waals surface area contributed by atoms with Crippen molar-refractivity contribution in [1.82, 2.24) is 9.55 Å². The molecule has 0 unspecified atom stereocenters. The smallest absolute Gasteiger partial charge is 0.274 e. The molecule has 0 atom stereocenters. The predicted octanol–water partition coefficient (Wildman–Crippen LogP) is 5.11. The van der Waals surface area contributed by atoms with Crippen LogP contribution in [0.1, 0.15) is 17.4 Å². The standard InChI is InChI=1S/C19H17N3O2S2/c1-3-22-15-7-8-25-17(15)10-16(22)18(23)21-19-20-14(11-26-19)12-5-4-6-13(9-12)24-2/h4-11H,3H2,1-2H3,(H,20,21,23). The average molecular weight is 383 g/mol. The van der Waals surface area contributed by atoms with Gasteiger partial charge in [-0.25, -0.2) is 4.98 Å². The molecule has 0 fully saturated rings. The van der Waals surface area contributed by atoms with Crippen LogP contribution in [-0.4, -0.2) is 22.6 Å². The first-order valence-electron chi connectivity index (χ1n) is 8.17. The zero-order valence-corrected chi connectivity index (χ0v) is 16.0. The highest BCUT2D eigenvalue weighted by molar-refractivity contribution is 7.17. The predicted molar refractivity (Wildman–Crippen MR) is 108 cm³/mol. The van der Waals surface area contributed by atoms with Gasteiger partial charge in [0.15, 0.2) is 5.13 Å². The molecule has 0 aliphatic carbocycles. The van der Waals surface area contributed by atoms with Crippen LogP contribution in [0.4, 0.5) is 5.13 Å². The average Bonchev–Trinajstić information content (AvgIpc) is 3.37. The zero-order valence-electron chi connectivity index (χ0n) is 14.4. The molecule has 1 aromatic carbocycles. The third-order valence-electron chi connectivity index (χ3n) is 4.16. The number of nitrogens with zero attached hydrogens (tertiary/aromatic N) is 2. The van der Waals surface area contributed by atoms with Crippen LogP contribution >= 0.6 is 22.7 Å². The minimum Gasteiger partial charge on any atom is -0.497 e. The molecule has 5 nitrogen and oxygen atoms in total. The summed E-state index contributed by atoms with van der Waals surface area (Å²) in [6.45, 7) is 2.79. The number of carbonyl (C=O) groups excluding carboxylic acids is 1. The lowest BCUT2D eigenvalue weighted by atomic mass is 10.2. The van der Waals surface area contributed by atoms with E-state index in [4.69, 9.17) is 4.74 Å². The molecular weight excluding hydrogens is 366 g/mol. The number of carbonyl (C=O) groups is 1. The SMILES string of the molecule is CCn1c(C(=O)Nc2nc(-c3cccc(OC)c3)cs2)cc2sccc21. The quantitative estimate of drug-likeness (QED) is 0.521. The number of anilines is 1. The van der Waals surface area contributed by atoms with Gasteiger partial charge < -0.3 is 9.30 Å². The maximum atomic E-state index is 12.7. The number of fused-ring (bicyclic) bond motifs is 1. The first-order valence-corrected chi connectivity index (χ1v) is 9.93. The molecule has 4 rings (SSSR count). The second kappa shape index (κ2) is 6.93. The van der Waals surface area contributed by atoms with E-state index in [0.717, 1.165) is 33.8 Å². The molecule has 3 heterocycles. The first-order chi connectivity index (χ1) is 12.7. The Kier molecular flexibility index (Phi) is 4.48. The topological polar surface area (TPSA) is 56.2 Å². The first kappa shape index (κ1) is 16.8. The normalized spacial score (nSPS) is 11.0. The van der Waals surface area contributed by atoms with Crippen molar-refractivity contribution < 1.29 is 9.53 Å². The maximum absolute atomic E-state index is 12.7. The minimum atomic E-state index is -0.137. The number of aromatic nitrogens is 2. The van der Waals surface area contributed by atoms with Gasteiger partial charge in [0.1, 0.15) is 11.4 Å². The van der Waals surface area contributed by atoms with Crippen molar-refractivity contribution in [3.63, 3.8) is 0 Å². The third-order valence-corrected chi connectivity index (χ3v) is 5.77. The number of nitrogens with one attached hydrogen (secondary N) is 1. The van der Waals surface area contributed by atoms with Crippen molar-refractivity contribution >= 4 is 43.9 Å². The molecule has 1 amide bonds. The van der Waals surface area contributed by atoms with Crippen LogP contribution in [0.2, 0.25) is 0 Å². The largest absolute Gasteiger partial charge is 0.497 e. The van der Waals surface area contributed by atoms with Gasteiger partial charge in [0.25, 0.3) is 5.91 Å². The number of rotatable bonds is 5. The van der Waals surface area contributed by atoms with Crippen LogP contribution in [0, 0.1) is 0 Å². The second-order valence-electron chi connectivity index (χ2n) is 5.67. The lowest BCUT2D eigenvalue weighted by Crippen LogP contribution is -2.16. The maximum Gasteiger partial charge on any atom is 0.274 e. The van der Waals surface area contributed by atoms with E-state index in [2.05, 4.69) is 10.3 Å². The van der Waals surface area contributed by atoms with Crippen molar-refractivity contribution in [2.75, 3.05) is 12.4 Å². The summed E-state index contributed by atoms with van der Waals surface area (Å²) in [5.41, 5.74) is 3.53. The fourth-order valence-electron chi connectivity index (χ4n) is 2.91. The molecule has 26 heavy (non-hydrogen) atoms. The number of aryl methyl sites for hydroxylation is 1. The highest BCUT2D eigenvalue weighted by Gasteiger charge is 2.17. The Morgan fingerprint density at radius 3 is 2.96 bits per heavy atom. The molecule has 7 heteroatoms. The number of hydrogen-bond acceptors (Lipinski definition) is 5. The van der Waals surface area contributed by atoms with Crippen LogP contribution < -0.4 is 10.1 Å². The number of methoxy groups -OCH3 is 1. The molecule has 4 aromatic rings. The van der Waals surface area contributed by atoms with Gasteiger partial charge in [0, 0.05) is 17.5 Å². The van der Waals surface area contributed by atoms with Crippen molar-refractivity contribution in [3.8, 4) is 17.0 Å². The fourth-order valence-corrected chi connectivity index (χ4v) is 4.45. The van der Waals surface area contributed by atoms with Crippen molar-refractivity contribution in [2.45, 2.75) is 13.5 Å². The van der Waals surface area contributed by atoms with E-state index in [0.29, 0.717) is 10.8 Å². The number of amides is 1. The molecule has 0 saturated carbocycles. The number of hydrogen-bond donors (Lipinski definition) is 1. The van der Waals surface area contributed by atoms with Gasteiger partial charge in [-0.3, -0.25) is 10.1 Å². The lowest BCUT2D eigenvalue weighted by molar-refractivity contribution is 0.101. The second-order valence-corrected chi connectivity index (χ2v) is 7.47. The van der Waals surface area contributed by atoms with Gasteiger partial charge >= 0.3 is 0 Å². The van der Waals surface area contributed by atoms with Gasteiger partial charge in [-0.1, -0.05) is 12.1 Å². The summed E-state index contributed by atoms with van der Waals surface area (Å²) in [7, 11) is 1.64. The van der Waals surface area contributed by atoms with E-state index < -0.39 is 0 Å². The Balaban J connectivity index is 1.58. The Morgan fingerprint density at radius 2 is 2.15 bits per heavy atom. The van der Waals surface area contributed by atoms with E-state index in [-0.39, 0.29) is 5.91 Å². The van der Waals surface area contributed by atoms with Crippen LogP contribution in [0.15, 0.2) is 47.2 Å². The van der Waals surface area contributed by atoms with E-state index in [1.54, 1.807) is 18.4 Å². The Labute approximate surface area is 158 Å². The van der Waals surface area contributed by atoms with Gasteiger partial charge in [-0.05, 0) is 36.6 Å². The molecule has 0 aliphatic heterocycles. The van der Waals surface area contributed by atoms with Crippen LogP contribution in [0.25, 0.3) is 21.5 Å². The minimum absolute atomic E-state index is 0.137. The van der Waals surface area contributed by atoms with E-state index in [9.17, 15) is 4.79 Å². The third kappa shape index (κ3) is 3.00. The molecule has 0 saturated heterocycles.